The molecule has 0 radical (unpaired) electrons. The summed E-state index contributed by atoms with van der Waals surface area (Å²) in [5.74, 6) is 0. The van der Waals surface area contributed by atoms with Gasteiger partial charge in [0.1, 0.15) is 0 Å². The van der Waals surface area contributed by atoms with E-state index in [2.05, 4.69) is 16.9 Å². The molecular formula is C11H12N2. The van der Waals surface area contributed by atoms with Crippen molar-refractivity contribution in [3.8, 4) is 0 Å². The van der Waals surface area contributed by atoms with Crippen molar-refractivity contribution < 1.29 is 0 Å². The molecule has 1 rings (SSSR count). The Morgan fingerprint density at radius 1 is 1.15 bits per heavy atom. The van der Waals surface area contributed by atoms with Gasteiger partial charge in [-0.1, -0.05) is 24.8 Å². The van der Waals surface area contributed by atoms with Gasteiger partial charge >= 0.3 is 0 Å². The van der Waals surface area contributed by atoms with E-state index in [9.17, 15) is 0 Å². The van der Waals surface area contributed by atoms with Gasteiger partial charge in [0.25, 0.3) is 0 Å². The van der Waals surface area contributed by atoms with E-state index in [4.69, 9.17) is 0 Å². The second kappa shape index (κ2) is 5.77. The Morgan fingerprint density at radius 3 is 2.62 bits per heavy atom. The molecule has 1 aromatic rings. The molecule has 0 fully saturated rings. The maximum Gasteiger partial charge on any atom is 0.0410 e. The van der Waals surface area contributed by atoms with Crippen LogP contribution in [0.15, 0.2) is 61.6 Å². The molecule has 0 bridgehead atoms. The summed E-state index contributed by atoms with van der Waals surface area (Å²) in [7, 11) is 0. The van der Waals surface area contributed by atoms with Crippen LogP contribution in [0.5, 0.6) is 0 Å². The Bertz CT molecular complexity index is 299. The zero-order valence-electron chi connectivity index (χ0n) is 7.35. The number of allylic oxidation sites excluding steroid dienone is 4. The van der Waals surface area contributed by atoms with Crippen molar-refractivity contribution in [3.05, 3.63) is 61.6 Å². The highest BCUT2D eigenvalue weighted by atomic mass is 14.8. The third kappa shape index (κ3) is 3.91. The lowest BCUT2D eigenvalue weighted by Crippen LogP contribution is -1.85. The van der Waals surface area contributed by atoms with E-state index in [1.165, 1.54) is 0 Å². The normalized spacial score (nSPS) is 10.8. The van der Waals surface area contributed by atoms with Crippen molar-refractivity contribution in [2.24, 2.45) is 0 Å². The first-order valence-corrected chi connectivity index (χ1v) is 4.04. The summed E-state index contributed by atoms with van der Waals surface area (Å²) in [6.07, 6.45) is 12.8. The Morgan fingerprint density at radius 2 is 1.92 bits per heavy atom. The van der Waals surface area contributed by atoms with Gasteiger partial charge in [-0.15, -0.1) is 0 Å². The maximum absolute atomic E-state index is 3.91. The smallest absolute Gasteiger partial charge is 0.0410 e. The average Bonchev–Trinajstić information content (AvgIpc) is 2.19. The minimum atomic E-state index is 1.03. The minimum absolute atomic E-state index is 1.03. The van der Waals surface area contributed by atoms with Gasteiger partial charge in [0.05, 0.1) is 0 Å². The van der Waals surface area contributed by atoms with E-state index in [-0.39, 0.29) is 0 Å². The Kier molecular flexibility index (Phi) is 4.11. The van der Waals surface area contributed by atoms with Crippen LogP contribution in [0.3, 0.4) is 0 Å². The molecule has 0 aliphatic heterocycles. The fraction of sp³-hybridized carbons (Fsp3) is 0. The number of nitrogens with zero attached hydrogens (tertiary/aromatic N) is 1. The van der Waals surface area contributed by atoms with Crippen LogP contribution >= 0.6 is 0 Å². The fourth-order valence-corrected chi connectivity index (χ4v) is 0.791. The Balaban J connectivity index is 2.39. The monoisotopic (exact) mass is 172 g/mol. The summed E-state index contributed by atoms with van der Waals surface area (Å²) in [4.78, 5) is 3.91. The van der Waals surface area contributed by atoms with Crippen molar-refractivity contribution in [2.75, 3.05) is 5.32 Å². The predicted molar refractivity (Wildman–Crippen MR) is 56.3 cm³/mol. The molecule has 0 saturated heterocycles. The largest absolute Gasteiger partial charge is 0.362 e. The molecule has 1 aromatic heterocycles. The van der Waals surface area contributed by atoms with Crippen LogP contribution in [-0.2, 0) is 0 Å². The average molecular weight is 172 g/mol. The van der Waals surface area contributed by atoms with Gasteiger partial charge in [-0.05, 0) is 18.2 Å². The van der Waals surface area contributed by atoms with Crippen LogP contribution < -0.4 is 5.32 Å². The highest BCUT2D eigenvalue weighted by molar-refractivity contribution is 5.43. The van der Waals surface area contributed by atoms with Gasteiger partial charge in [-0.25, -0.2) is 0 Å². The quantitative estimate of drug-likeness (QED) is 0.706. The molecular weight excluding hydrogens is 160 g/mol. The maximum atomic E-state index is 3.91. The number of anilines is 1. The van der Waals surface area contributed by atoms with Crippen molar-refractivity contribution in [1.82, 2.24) is 4.98 Å². The number of rotatable bonds is 4. The second-order valence-electron chi connectivity index (χ2n) is 2.36. The summed E-state index contributed by atoms with van der Waals surface area (Å²) < 4.78 is 0. The molecule has 1 heterocycles. The first kappa shape index (κ1) is 9.26. The number of aromatic nitrogens is 1. The van der Waals surface area contributed by atoms with E-state index in [1.807, 2.05) is 36.6 Å². The summed E-state index contributed by atoms with van der Waals surface area (Å²) in [6, 6.07) is 3.81. The van der Waals surface area contributed by atoms with Crippen LogP contribution in [0.1, 0.15) is 0 Å². The summed E-state index contributed by atoms with van der Waals surface area (Å²) in [5, 5.41) is 3.10. The van der Waals surface area contributed by atoms with Crippen molar-refractivity contribution >= 4 is 5.69 Å². The molecule has 0 aromatic carbocycles. The van der Waals surface area contributed by atoms with Gasteiger partial charge in [0, 0.05) is 24.3 Å². The Labute approximate surface area is 78.3 Å². The van der Waals surface area contributed by atoms with Gasteiger partial charge in [-0.2, -0.15) is 0 Å². The molecule has 66 valence electrons. The van der Waals surface area contributed by atoms with E-state index in [0.29, 0.717) is 0 Å². The highest BCUT2D eigenvalue weighted by Gasteiger charge is 1.81. The molecule has 0 spiro atoms. The molecule has 0 atom stereocenters. The molecule has 0 unspecified atom stereocenters. The van der Waals surface area contributed by atoms with Crippen LogP contribution in [0.4, 0.5) is 5.69 Å². The van der Waals surface area contributed by atoms with Crippen LogP contribution in [0.25, 0.3) is 0 Å². The predicted octanol–water partition coefficient (Wildman–Crippen LogP) is 2.75. The summed E-state index contributed by atoms with van der Waals surface area (Å²) >= 11 is 0. The first-order chi connectivity index (χ1) is 6.43. The number of pyridine rings is 1. The molecule has 0 aliphatic rings. The molecule has 0 amide bonds. The number of hydrogen-bond donors (Lipinski definition) is 1. The van der Waals surface area contributed by atoms with E-state index in [0.717, 1.165) is 5.69 Å². The zero-order chi connectivity index (χ0) is 9.36. The zero-order valence-corrected chi connectivity index (χ0v) is 7.35. The summed E-state index contributed by atoms with van der Waals surface area (Å²) in [5.41, 5.74) is 1.03. The van der Waals surface area contributed by atoms with Crippen LogP contribution in [-0.4, -0.2) is 4.98 Å². The SMILES string of the molecule is C=C/C=C\C=C/Nc1ccncc1. The topological polar surface area (TPSA) is 24.9 Å². The molecule has 1 N–H and O–H groups in total. The van der Waals surface area contributed by atoms with Crippen LogP contribution in [0.2, 0.25) is 0 Å². The molecule has 2 heteroatoms. The molecule has 13 heavy (non-hydrogen) atoms. The standard InChI is InChI=1S/C11H12N2/c1-2-3-4-5-8-13-11-6-9-12-10-7-11/h2-10H,1H2,(H,12,13)/b4-3-,8-5-. The lowest BCUT2D eigenvalue weighted by Gasteiger charge is -1.96. The summed E-state index contributed by atoms with van der Waals surface area (Å²) in [6.45, 7) is 3.57. The lowest BCUT2D eigenvalue weighted by atomic mass is 10.4. The number of nitrogens with one attached hydrogen (secondary N) is 1. The third-order valence-corrected chi connectivity index (χ3v) is 1.38. The van der Waals surface area contributed by atoms with Gasteiger partial charge in [0.15, 0.2) is 0 Å². The Hall–Kier alpha value is -1.83. The molecule has 0 aliphatic carbocycles. The van der Waals surface area contributed by atoms with Gasteiger partial charge in [-0.3, -0.25) is 4.98 Å². The van der Waals surface area contributed by atoms with E-state index < -0.39 is 0 Å². The molecule has 2 nitrogen and oxygen atoms in total. The van der Waals surface area contributed by atoms with E-state index >= 15 is 0 Å². The second-order valence-corrected chi connectivity index (χ2v) is 2.36. The van der Waals surface area contributed by atoms with Gasteiger partial charge in [0.2, 0.25) is 0 Å². The first-order valence-electron chi connectivity index (χ1n) is 4.04. The van der Waals surface area contributed by atoms with Crippen LogP contribution in [0, 0.1) is 0 Å². The van der Waals surface area contributed by atoms with Crippen molar-refractivity contribution in [2.45, 2.75) is 0 Å². The fourth-order valence-electron chi connectivity index (χ4n) is 0.791. The van der Waals surface area contributed by atoms with Gasteiger partial charge < -0.3 is 5.32 Å². The van der Waals surface area contributed by atoms with E-state index in [1.54, 1.807) is 18.5 Å². The van der Waals surface area contributed by atoms with Crippen molar-refractivity contribution in [3.63, 3.8) is 0 Å². The van der Waals surface area contributed by atoms with Crippen molar-refractivity contribution in [1.29, 1.82) is 0 Å². The minimum Gasteiger partial charge on any atom is -0.362 e. The lowest BCUT2D eigenvalue weighted by molar-refractivity contribution is 1.32. The number of hydrogen-bond acceptors (Lipinski definition) is 2. The molecule has 0 saturated carbocycles. The highest BCUT2D eigenvalue weighted by Crippen LogP contribution is 2.02. The third-order valence-electron chi connectivity index (χ3n) is 1.38.